The molecule has 0 bridgehead atoms. The molecule has 0 aliphatic carbocycles. The fraction of sp³-hybridized carbons (Fsp3) is 0.214. The summed E-state index contributed by atoms with van der Waals surface area (Å²) in [7, 11) is 1.78. The first-order chi connectivity index (χ1) is 8.22. The van der Waals surface area contributed by atoms with Gasteiger partial charge in [0.1, 0.15) is 0 Å². The van der Waals surface area contributed by atoms with Crippen LogP contribution >= 0.6 is 0 Å². The monoisotopic (exact) mass is 226 g/mol. The van der Waals surface area contributed by atoms with Crippen LogP contribution in [0, 0.1) is 11.8 Å². The largest absolute Gasteiger partial charge is 0.374 e. The van der Waals surface area contributed by atoms with Crippen molar-refractivity contribution in [1.29, 1.82) is 0 Å². The molecule has 1 heterocycles. The number of hydrogen-bond acceptors (Lipinski definition) is 2. The Morgan fingerprint density at radius 3 is 2.88 bits per heavy atom. The van der Waals surface area contributed by atoms with E-state index in [1.807, 2.05) is 31.2 Å². The maximum atomic E-state index is 11.5. The van der Waals surface area contributed by atoms with Gasteiger partial charge in [-0.05, 0) is 31.2 Å². The van der Waals surface area contributed by atoms with Gasteiger partial charge in [-0.2, -0.15) is 0 Å². The van der Waals surface area contributed by atoms with E-state index < -0.39 is 0 Å². The summed E-state index contributed by atoms with van der Waals surface area (Å²) in [5.41, 5.74) is 1.96. The molecule has 3 nitrogen and oxygen atoms in total. The van der Waals surface area contributed by atoms with Crippen LogP contribution in [-0.2, 0) is 7.05 Å². The number of benzene rings is 1. The lowest BCUT2D eigenvalue weighted by Gasteiger charge is -2.07. The number of anilines is 1. The Morgan fingerprint density at radius 1 is 1.29 bits per heavy atom. The topological polar surface area (TPSA) is 34.0 Å². The maximum absolute atomic E-state index is 11.5. The van der Waals surface area contributed by atoms with Gasteiger partial charge < -0.3 is 9.88 Å². The quantitative estimate of drug-likeness (QED) is 0.794. The summed E-state index contributed by atoms with van der Waals surface area (Å²) in [6.45, 7) is 2.45. The fourth-order valence-electron chi connectivity index (χ4n) is 1.73. The zero-order chi connectivity index (χ0) is 12.3. The summed E-state index contributed by atoms with van der Waals surface area (Å²) >= 11 is 0. The molecular formula is C14H14N2O. The summed E-state index contributed by atoms with van der Waals surface area (Å²) in [6.07, 6.45) is 0. The zero-order valence-corrected chi connectivity index (χ0v) is 9.95. The van der Waals surface area contributed by atoms with Crippen LogP contribution in [-0.4, -0.2) is 11.1 Å². The lowest BCUT2D eigenvalue weighted by Crippen LogP contribution is -2.14. The number of hydrogen-bond donors (Lipinski definition) is 1. The molecule has 3 heteroatoms. The lowest BCUT2D eigenvalue weighted by atomic mass is 10.2. The molecular weight excluding hydrogens is 212 g/mol. The second kappa shape index (κ2) is 4.75. The molecule has 2 rings (SSSR count). The number of aryl methyl sites for hydroxylation is 1. The highest BCUT2D eigenvalue weighted by molar-refractivity contribution is 5.82. The van der Waals surface area contributed by atoms with Crippen molar-refractivity contribution in [3.05, 3.63) is 40.7 Å². The average molecular weight is 226 g/mol. The number of nitrogens with zero attached hydrogens (tertiary/aromatic N) is 1. The Balaban J connectivity index is 2.40. The molecule has 0 saturated heterocycles. The van der Waals surface area contributed by atoms with E-state index in [9.17, 15) is 4.79 Å². The highest BCUT2D eigenvalue weighted by Gasteiger charge is 1.99. The van der Waals surface area contributed by atoms with Crippen LogP contribution in [0.4, 0.5) is 5.69 Å². The van der Waals surface area contributed by atoms with Crippen LogP contribution in [0.3, 0.4) is 0 Å². The maximum Gasteiger partial charge on any atom is 0.250 e. The molecule has 86 valence electrons. The van der Waals surface area contributed by atoms with Gasteiger partial charge in [-0.25, -0.2) is 0 Å². The average Bonchev–Trinajstić information content (AvgIpc) is 2.34. The first-order valence-electron chi connectivity index (χ1n) is 5.45. The second-order valence-electron chi connectivity index (χ2n) is 3.78. The minimum atomic E-state index is 0.00931. The molecule has 0 aliphatic rings. The number of rotatable bonds is 2. The Bertz CT molecular complexity index is 659. The van der Waals surface area contributed by atoms with Crippen molar-refractivity contribution in [3.63, 3.8) is 0 Å². The first-order valence-corrected chi connectivity index (χ1v) is 5.45. The van der Waals surface area contributed by atoms with E-state index in [1.54, 1.807) is 17.7 Å². The van der Waals surface area contributed by atoms with E-state index in [-0.39, 0.29) is 5.56 Å². The van der Waals surface area contributed by atoms with Crippen molar-refractivity contribution in [2.75, 3.05) is 11.9 Å². The third kappa shape index (κ3) is 2.31. The first kappa shape index (κ1) is 11.3. The minimum absolute atomic E-state index is 0.00931. The van der Waals surface area contributed by atoms with Crippen molar-refractivity contribution in [2.24, 2.45) is 7.05 Å². The highest BCUT2D eigenvalue weighted by atomic mass is 16.1. The normalized spacial score (nSPS) is 9.76. The zero-order valence-electron chi connectivity index (χ0n) is 9.95. The molecule has 1 aromatic heterocycles. The van der Waals surface area contributed by atoms with Crippen molar-refractivity contribution in [1.82, 2.24) is 4.57 Å². The van der Waals surface area contributed by atoms with Crippen molar-refractivity contribution < 1.29 is 0 Å². The van der Waals surface area contributed by atoms with Gasteiger partial charge >= 0.3 is 0 Å². The van der Waals surface area contributed by atoms with E-state index in [4.69, 9.17) is 0 Å². The van der Waals surface area contributed by atoms with Gasteiger partial charge in [-0.1, -0.05) is 5.92 Å². The molecule has 0 spiro atoms. The van der Waals surface area contributed by atoms with Gasteiger partial charge in [0, 0.05) is 24.2 Å². The van der Waals surface area contributed by atoms with Crippen LogP contribution in [0.25, 0.3) is 10.9 Å². The summed E-state index contributed by atoms with van der Waals surface area (Å²) in [5, 5.41) is 4.25. The summed E-state index contributed by atoms with van der Waals surface area (Å²) in [4.78, 5) is 11.5. The van der Waals surface area contributed by atoms with E-state index in [1.165, 1.54) is 0 Å². The molecule has 17 heavy (non-hydrogen) atoms. The standard InChI is InChI=1S/C14H14N2O/c1-3-4-9-15-12-6-7-13-11(10-12)5-8-14(17)16(13)2/h5-8,10,15H,9H2,1-2H3. The third-order valence-corrected chi connectivity index (χ3v) is 2.68. The molecule has 2 aromatic rings. The van der Waals surface area contributed by atoms with Crippen molar-refractivity contribution in [3.8, 4) is 11.8 Å². The van der Waals surface area contributed by atoms with Crippen LogP contribution in [0.1, 0.15) is 6.92 Å². The van der Waals surface area contributed by atoms with Gasteiger partial charge in [-0.3, -0.25) is 4.79 Å². The predicted octanol–water partition coefficient (Wildman–Crippen LogP) is 1.97. The van der Waals surface area contributed by atoms with Gasteiger partial charge in [-0.15, -0.1) is 5.92 Å². The molecule has 1 N–H and O–H groups in total. The van der Waals surface area contributed by atoms with Gasteiger partial charge in [0.25, 0.3) is 5.56 Å². The molecule has 0 saturated carbocycles. The molecule has 1 aromatic carbocycles. The van der Waals surface area contributed by atoms with Crippen molar-refractivity contribution >= 4 is 16.6 Å². The minimum Gasteiger partial charge on any atom is -0.374 e. The van der Waals surface area contributed by atoms with Crippen molar-refractivity contribution in [2.45, 2.75) is 6.92 Å². The van der Waals surface area contributed by atoms with Crippen LogP contribution in [0.2, 0.25) is 0 Å². The number of aromatic nitrogens is 1. The molecule has 0 unspecified atom stereocenters. The van der Waals surface area contributed by atoms with E-state index >= 15 is 0 Å². The summed E-state index contributed by atoms with van der Waals surface area (Å²) in [6, 6.07) is 9.34. The van der Waals surface area contributed by atoms with E-state index in [2.05, 4.69) is 17.2 Å². The number of fused-ring (bicyclic) bond motifs is 1. The Hall–Kier alpha value is -2.21. The van der Waals surface area contributed by atoms with Crippen LogP contribution in [0.5, 0.6) is 0 Å². The van der Waals surface area contributed by atoms with Gasteiger partial charge in [0.05, 0.1) is 12.1 Å². The van der Waals surface area contributed by atoms with Gasteiger partial charge in [0.2, 0.25) is 0 Å². The number of pyridine rings is 1. The molecule has 0 amide bonds. The Labute approximate surface area is 100 Å². The fourth-order valence-corrected chi connectivity index (χ4v) is 1.73. The SMILES string of the molecule is CC#CCNc1ccc2c(ccc(=O)n2C)c1. The highest BCUT2D eigenvalue weighted by Crippen LogP contribution is 2.16. The van der Waals surface area contributed by atoms with Crippen LogP contribution < -0.4 is 10.9 Å². The molecule has 0 aliphatic heterocycles. The second-order valence-corrected chi connectivity index (χ2v) is 3.78. The third-order valence-electron chi connectivity index (χ3n) is 2.68. The summed E-state index contributed by atoms with van der Waals surface area (Å²) < 4.78 is 1.64. The molecule has 0 atom stereocenters. The smallest absolute Gasteiger partial charge is 0.250 e. The van der Waals surface area contributed by atoms with E-state index in [0.717, 1.165) is 16.6 Å². The number of nitrogens with one attached hydrogen (secondary N) is 1. The lowest BCUT2D eigenvalue weighted by molar-refractivity contribution is 0.906. The van der Waals surface area contributed by atoms with Crippen LogP contribution in [0.15, 0.2) is 35.1 Å². The van der Waals surface area contributed by atoms with Gasteiger partial charge in [0.15, 0.2) is 0 Å². The summed E-state index contributed by atoms with van der Waals surface area (Å²) in [5.74, 6) is 5.78. The Kier molecular flexibility index (Phi) is 3.15. The predicted molar refractivity (Wildman–Crippen MR) is 71.1 cm³/mol. The Morgan fingerprint density at radius 2 is 2.12 bits per heavy atom. The molecule has 0 radical (unpaired) electrons. The molecule has 0 fully saturated rings. The van der Waals surface area contributed by atoms with E-state index in [0.29, 0.717) is 6.54 Å².